The summed E-state index contributed by atoms with van der Waals surface area (Å²) in [5.74, 6) is 0. The quantitative estimate of drug-likeness (QED) is 0.363. The third kappa shape index (κ3) is 3.62. The van der Waals surface area contributed by atoms with Crippen molar-refractivity contribution >= 4 is 18.3 Å². The number of hydrogen-bond acceptors (Lipinski definition) is 3. The zero-order chi connectivity index (χ0) is 8.15. The molecule has 0 bridgehead atoms. The smallest absolute Gasteiger partial charge is 0.248 e. The highest BCUT2D eigenvalue weighted by Gasteiger charge is 2.09. The lowest BCUT2D eigenvalue weighted by Gasteiger charge is -2.15. The van der Waals surface area contributed by atoms with E-state index in [4.69, 9.17) is 0 Å². The molecule has 0 radical (unpaired) electrons. The summed E-state index contributed by atoms with van der Waals surface area (Å²) in [4.78, 5) is 9.88. The first-order valence-corrected chi connectivity index (χ1v) is 3.19. The van der Waals surface area contributed by atoms with Crippen LogP contribution >= 0.6 is 12.1 Å². The normalized spacial score (nSPS) is 10.1. The molecule has 0 aliphatic carbocycles. The fourth-order valence-corrected chi connectivity index (χ4v) is 0.789. The molecule has 0 aliphatic rings. The molecule has 0 rings (SSSR count). The minimum atomic E-state index is -1.59. The second-order valence-corrected chi connectivity index (χ2v) is 2.91. The van der Waals surface area contributed by atoms with Crippen LogP contribution in [0.4, 0.5) is 13.6 Å². The molecular formula is C4H8F2N2OS. The third-order valence-electron chi connectivity index (χ3n) is 0.678. The van der Waals surface area contributed by atoms with E-state index in [1.807, 2.05) is 0 Å². The summed E-state index contributed by atoms with van der Waals surface area (Å²) in [6, 6.07) is 0. The number of amides is 1. The Morgan fingerprint density at radius 3 is 2.40 bits per heavy atom. The molecule has 0 unspecified atom stereocenters. The SMILES string of the molecule is CN(CF)SN(C)C(=O)F. The molecule has 0 atom stereocenters. The third-order valence-corrected chi connectivity index (χ3v) is 1.44. The molecule has 0 heterocycles. The molecule has 3 nitrogen and oxygen atoms in total. The highest BCUT2D eigenvalue weighted by atomic mass is 32.2. The fourth-order valence-electron chi connectivity index (χ4n) is 0.263. The van der Waals surface area contributed by atoms with Crippen LogP contribution in [0.2, 0.25) is 0 Å². The van der Waals surface area contributed by atoms with E-state index in [2.05, 4.69) is 0 Å². The van der Waals surface area contributed by atoms with Gasteiger partial charge in [-0.25, -0.2) is 17.8 Å². The van der Waals surface area contributed by atoms with Crippen molar-refractivity contribution in [1.29, 1.82) is 0 Å². The van der Waals surface area contributed by atoms with Crippen LogP contribution in [-0.2, 0) is 0 Å². The average Bonchev–Trinajstić information content (AvgIpc) is 1.87. The zero-order valence-corrected chi connectivity index (χ0v) is 6.49. The first-order chi connectivity index (χ1) is 4.57. The molecule has 0 aliphatic heterocycles. The molecule has 0 aromatic carbocycles. The zero-order valence-electron chi connectivity index (χ0n) is 5.67. The van der Waals surface area contributed by atoms with Gasteiger partial charge in [-0.2, -0.15) is 0 Å². The topological polar surface area (TPSA) is 23.6 Å². The Morgan fingerprint density at radius 2 is 2.10 bits per heavy atom. The van der Waals surface area contributed by atoms with Gasteiger partial charge < -0.3 is 0 Å². The monoisotopic (exact) mass is 170 g/mol. The van der Waals surface area contributed by atoms with E-state index in [0.29, 0.717) is 16.4 Å². The van der Waals surface area contributed by atoms with Gasteiger partial charge in [-0.3, -0.25) is 0 Å². The molecule has 1 amide bonds. The Morgan fingerprint density at radius 1 is 1.60 bits per heavy atom. The van der Waals surface area contributed by atoms with Crippen LogP contribution in [0, 0.1) is 0 Å². The minimum Gasteiger partial charge on any atom is -0.248 e. The van der Waals surface area contributed by atoms with Gasteiger partial charge in [0, 0.05) is 26.2 Å². The lowest BCUT2D eigenvalue weighted by atomic mass is 11.2. The Balaban J connectivity index is 3.56. The molecular weight excluding hydrogens is 162 g/mol. The van der Waals surface area contributed by atoms with Gasteiger partial charge in [0.2, 0.25) is 0 Å². The predicted octanol–water partition coefficient (Wildman–Crippen LogP) is 1.43. The Kier molecular flexibility index (Phi) is 4.29. The number of nitrogens with zero attached hydrogens (tertiary/aromatic N) is 2. The average molecular weight is 170 g/mol. The summed E-state index contributed by atoms with van der Waals surface area (Å²) in [5.41, 5.74) is 0. The van der Waals surface area contributed by atoms with Crippen LogP contribution in [0.1, 0.15) is 0 Å². The van der Waals surface area contributed by atoms with E-state index < -0.39 is 13.0 Å². The summed E-state index contributed by atoms with van der Waals surface area (Å²) in [6.07, 6.45) is -1.59. The molecule has 0 spiro atoms. The van der Waals surface area contributed by atoms with Crippen molar-refractivity contribution < 1.29 is 13.6 Å². The summed E-state index contributed by atoms with van der Waals surface area (Å²) in [6.45, 7) is -0.734. The van der Waals surface area contributed by atoms with Gasteiger partial charge in [-0.15, -0.1) is 4.39 Å². The van der Waals surface area contributed by atoms with Crippen molar-refractivity contribution in [2.45, 2.75) is 0 Å². The second kappa shape index (κ2) is 4.45. The number of alkyl halides is 1. The van der Waals surface area contributed by atoms with Crippen LogP contribution in [0.5, 0.6) is 0 Å². The molecule has 10 heavy (non-hydrogen) atoms. The maximum Gasteiger partial charge on any atom is 0.410 e. The molecule has 0 fully saturated rings. The maximum absolute atomic E-state index is 11.7. The second-order valence-electron chi connectivity index (χ2n) is 1.58. The lowest BCUT2D eigenvalue weighted by Crippen LogP contribution is -2.20. The highest BCUT2D eigenvalue weighted by molar-refractivity contribution is 7.95. The van der Waals surface area contributed by atoms with Crippen molar-refractivity contribution in [3.8, 4) is 0 Å². The lowest BCUT2D eigenvalue weighted by molar-refractivity contribution is 0.208. The fraction of sp³-hybridized carbons (Fsp3) is 0.750. The van der Waals surface area contributed by atoms with E-state index in [9.17, 15) is 13.6 Å². The van der Waals surface area contributed by atoms with Crippen molar-refractivity contribution in [2.24, 2.45) is 0 Å². The first kappa shape index (κ1) is 9.64. The van der Waals surface area contributed by atoms with Crippen molar-refractivity contribution in [3.63, 3.8) is 0 Å². The van der Waals surface area contributed by atoms with E-state index >= 15 is 0 Å². The molecule has 0 N–H and O–H groups in total. The van der Waals surface area contributed by atoms with Gasteiger partial charge in [-0.05, 0) is 0 Å². The van der Waals surface area contributed by atoms with Crippen LogP contribution in [-0.4, -0.2) is 35.7 Å². The number of halogens is 2. The van der Waals surface area contributed by atoms with Gasteiger partial charge in [0.25, 0.3) is 0 Å². The predicted molar refractivity (Wildman–Crippen MR) is 35.6 cm³/mol. The van der Waals surface area contributed by atoms with Gasteiger partial charge in [0.15, 0.2) is 6.80 Å². The first-order valence-electron chi connectivity index (χ1n) is 2.46. The van der Waals surface area contributed by atoms with Crippen molar-refractivity contribution in [1.82, 2.24) is 8.61 Å². The number of carbonyl (C=O) groups is 1. The van der Waals surface area contributed by atoms with E-state index in [0.717, 1.165) is 4.31 Å². The molecule has 0 saturated carbocycles. The highest BCUT2D eigenvalue weighted by Crippen LogP contribution is 2.11. The number of carbonyl (C=O) groups excluding carboxylic acids is 1. The summed E-state index contributed by atoms with van der Waals surface area (Å²) in [7, 11) is 2.63. The van der Waals surface area contributed by atoms with Crippen LogP contribution in [0.25, 0.3) is 0 Å². The standard InChI is InChI=1S/C4H8F2N2OS/c1-7(3-5)10-8(2)4(6)9/h3H2,1-2H3. The number of hydrogen-bond donors (Lipinski definition) is 0. The van der Waals surface area contributed by atoms with Crippen LogP contribution in [0.3, 0.4) is 0 Å². The summed E-state index contributed by atoms with van der Waals surface area (Å²) < 4.78 is 25.1. The summed E-state index contributed by atoms with van der Waals surface area (Å²) >= 11 is 0.675. The molecule has 60 valence electrons. The maximum atomic E-state index is 11.7. The summed E-state index contributed by atoms with van der Waals surface area (Å²) in [5, 5.41) is 0. The van der Waals surface area contributed by atoms with E-state index in [-0.39, 0.29) is 0 Å². The van der Waals surface area contributed by atoms with Gasteiger partial charge in [0.05, 0.1) is 0 Å². The molecule has 0 aromatic heterocycles. The minimum absolute atomic E-state index is 0.675. The Hall–Kier alpha value is -0.360. The van der Waals surface area contributed by atoms with Crippen LogP contribution < -0.4 is 0 Å². The van der Waals surface area contributed by atoms with Gasteiger partial charge in [0.1, 0.15) is 0 Å². The van der Waals surface area contributed by atoms with Crippen molar-refractivity contribution in [3.05, 3.63) is 0 Å². The van der Waals surface area contributed by atoms with Gasteiger partial charge in [-0.1, -0.05) is 0 Å². The van der Waals surface area contributed by atoms with Crippen LogP contribution in [0.15, 0.2) is 0 Å². The van der Waals surface area contributed by atoms with Gasteiger partial charge >= 0.3 is 6.16 Å². The largest absolute Gasteiger partial charge is 0.410 e. The van der Waals surface area contributed by atoms with E-state index in [1.54, 1.807) is 0 Å². The van der Waals surface area contributed by atoms with E-state index in [1.165, 1.54) is 14.1 Å². The molecule has 0 aromatic rings. The molecule has 0 saturated heterocycles. The van der Waals surface area contributed by atoms with Crippen molar-refractivity contribution in [2.75, 3.05) is 20.9 Å². The Labute approximate surface area is 62.2 Å². The number of rotatable bonds is 3. The Bertz CT molecular complexity index is 124. The molecule has 6 heteroatoms.